The zero-order valence-corrected chi connectivity index (χ0v) is 15.7. The molecule has 2 rings (SSSR count). The van der Waals surface area contributed by atoms with Crippen molar-refractivity contribution in [2.45, 2.75) is 11.8 Å². The lowest BCUT2D eigenvalue weighted by molar-refractivity contribution is 0.336. The van der Waals surface area contributed by atoms with E-state index in [0.29, 0.717) is 22.4 Å². The molecule has 0 radical (unpaired) electrons. The van der Waals surface area contributed by atoms with Crippen LogP contribution in [-0.2, 0) is 0 Å². The van der Waals surface area contributed by atoms with Gasteiger partial charge in [-0.1, -0.05) is 47.8 Å². The van der Waals surface area contributed by atoms with Gasteiger partial charge in [-0.25, -0.2) is 8.78 Å². The summed E-state index contributed by atoms with van der Waals surface area (Å²) in [6, 6.07) is 7.86. The van der Waals surface area contributed by atoms with Gasteiger partial charge in [-0.2, -0.15) is 0 Å². The van der Waals surface area contributed by atoms with E-state index in [1.807, 2.05) is 13.0 Å². The molecule has 0 aliphatic carbocycles. The molecule has 1 unspecified atom stereocenters. The van der Waals surface area contributed by atoms with E-state index in [4.69, 9.17) is 4.74 Å². The average molecular weight is 485 g/mol. The van der Waals surface area contributed by atoms with Crippen LogP contribution >= 0.6 is 47.8 Å². The molecule has 1 atom stereocenters. The fourth-order valence-electron chi connectivity index (χ4n) is 1.96. The Balaban J connectivity index is 2.54. The molecule has 0 saturated heterocycles. The maximum Gasteiger partial charge on any atom is 0.131 e. The molecule has 0 spiro atoms. The molecule has 0 amide bonds. The van der Waals surface area contributed by atoms with Crippen LogP contribution < -0.4 is 4.74 Å². The van der Waals surface area contributed by atoms with Gasteiger partial charge in [-0.15, -0.1) is 0 Å². The van der Waals surface area contributed by atoms with Gasteiger partial charge in [0.1, 0.15) is 17.4 Å². The Labute approximate surface area is 147 Å². The van der Waals surface area contributed by atoms with Crippen molar-refractivity contribution in [1.29, 1.82) is 0 Å². The van der Waals surface area contributed by atoms with Crippen LogP contribution in [0.25, 0.3) is 0 Å². The SMILES string of the molecule is CCOc1ccc(Br)cc1C(Br)c1c(F)cc(Br)cc1F. The van der Waals surface area contributed by atoms with Crippen molar-refractivity contribution in [1.82, 2.24) is 0 Å². The highest BCUT2D eigenvalue weighted by molar-refractivity contribution is 9.10. The lowest BCUT2D eigenvalue weighted by Gasteiger charge is -2.17. The van der Waals surface area contributed by atoms with Gasteiger partial charge in [0.2, 0.25) is 0 Å². The van der Waals surface area contributed by atoms with E-state index >= 15 is 0 Å². The third-order valence-electron chi connectivity index (χ3n) is 2.84. The highest BCUT2D eigenvalue weighted by atomic mass is 79.9. The number of hydrogen-bond donors (Lipinski definition) is 0. The van der Waals surface area contributed by atoms with Crippen molar-refractivity contribution in [3.05, 3.63) is 62.0 Å². The van der Waals surface area contributed by atoms with Crippen molar-refractivity contribution in [3.63, 3.8) is 0 Å². The predicted molar refractivity (Wildman–Crippen MR) is 90.1 cm³/mol. The van der Waals surface area contributed by atoms with Gasteiger partial charge >= 0.3 is 0 Å². The second-order valence-electron chi connectivity index (χ2n) is 4.26. The second kappa shape index (κ2) is 7.20. The Kier molecular flexibility index (Phi) is 5.80. The maximum absolute atomic E-state index is 14.1. The van der Waals surface area contributed by atoms with E-state index in [9.17, 15) is 8.78 Å². The highest BCUT2D eigenvalue weighted by Gasteiger charge is 2.23. The van der Waals surface area contributed by atoms with Crippen LogP contribution in [0.1, 0.15) is 22.9 Å². The van der Waals surface area contributed by atoms with E-state index in [1.165, 1.54) is 12.1 Å². The Hall–Kier alpha value is -0.460. The molecule has 112 valence electrons. The van der Waals surface area contributed by atoms with Crippen LogP contribution in [0.3, 0.4) is 0 Å². The molecule has 0 heterocycles. The fraction of sp³-hybridized carbons (Fsp3) is 0.200. The van der Waals surface area contributed by atoms with Crippen LogP contribution in [0.5, 0.6) is 5.75 Å². The Morgan fingerprint density at radius 2 is 1.67 bits per heavy atom. The normalized spacial score (nSPS) is 12.3. The maximum atomic E-state index is 14.1. The van der Waals surface area contributed by atoms with Crippen molar-refractivity contribution >= 4 is 47.8 Å². The summed E-state index contributed by atoms with van der Waals surface area (Å²) < 4.78 is 34.9. The molecule has 0 saturated carbocycles. The molecule has 0 N–H and O–H groups in total. The van der Waals surface area contributed by atoms with Gasteiger partial charge in [0.25, 0.3) is 0 Å². The summed E-state index contributed by atoms with van der Waals surface area (Å²) in [5.74, 6) is -0.651. The average Bonchev–Trinajstić information content (AvgIpc) is 2.39. The summed E-state index contributed by atoms with van der Waals surface area (Å²) in [4.78, 5) is -0.648. The van der Waals surface area contributed by atoms with Crippen LogP contribution in [0, 0.1) is 11.6 Å². The Morgan fingerprint density at radius 3 is 2.24 bits per heavy atom. The fourth-order valence-corrected chi connectivity index (χ4v) is 3.53. The molecular formula is C15H11Br3F2O. The summed E-state index contributed by atoms with van der Waals surface area (Å²) in [7, 11) is 0. The summed E-state index contributed by atoms with van der Waals surface area (Å²) in [5, 5.41) is 0. The van der Waals surface area contributed by atoms with E-state index in [0.717, 1.165) is 4.47 Å². The summed E-state index contributed by atoms with van der Waals surface area (Å²) in [6.07, 6.45) is 0. The lowest BCUT2D eigenvalue weighted by atomic mass is 10.0. The summed E-state index contributed by atoms with van der Waals surface area (Å²) in [5.41, 5.74) is 0.614. The molecule has 0 bridgehead atoms. The van der Waals surface area contributed by atoms with Gasteiger partial charge in [-0.3, -0.25) is 0 Å². The number of halogens is 5. The first-order chi connectivity index (χ1) is 9.93. The van der Waals surface area contributed by atoms with E-state index < -0.39 is 16.5 Å². The Bertz CT molecular complexity index is 638. The molecule has 2 aromatic carbocycles. The topological polar surface area (TPSA) is 9.23 Å². The molecule has 0 aliphatic heterocycles. The molecule has 1 nitrogen and oxygen atoms in total. The lowest BCUT2D eigenvalue weighted by Crippen LogP contribution is -2.04. The zero-order valence-electron chi connectivity index (χ0n) is 11.0. The number of alkyl halides is 1. The van der Waals surface area contributed by atoms with E-state index in [-0.39, 0.29) is 5.56 Å². The highest BCUT2D eigenvalue weighted by Crippen LogP contribution is 2.40. The molecule has 6 heteroatoms. The minimum Gasteiger partial charge on any atom is -0.494 e. The van der Waals surface area contributed by atoms with Crippen molar-refractivity contribution < 1.29 is 13.5 Å². The van der Waals surface area contributed by atoms with Gasteiger partial charge in [0.05, 0.1) is 11.4 Å². The summed E-state index contributed by atoms with van der Waals surface area (Å²) >= 11 is 9.82. The minimum absolute atomic E-state index is 0.0442. The molecule has 0 fully saturated rings. The predicted octanol–water partition coefficient (Wildman–Crippen LogP) is 6.37. The Morgan fingerprint density at radius 1 is 1.05 bits per heavy atom. The molecular weight excluding hydrogens is 474 g/mol. The first-order valence-electron chi connectivity index (χ1n) is 6.14. The van der Waals surface area contributed by atoms with Crippen molar-refractivity contribution in [3.8, 4) is 5.75 Å². The molecule has 2 aromatic rings. The second-order valence-corrected chi connectivity index (χ2v) is 7.01. The molecule has 0 aromatic heterocycles. The molecule has 21 heavy (non-hydrogen) atoms. The van der Waals surface area contributed by atoms with E-state index in [2.05, 4.69) is 47.8 Å². The zero-order chi connectivity index (χ0) is 15.6. The first kappa shape index (κ1) is 16.9. The van der Waals surface area contributed by atoms with Crippen LogP contribution in [0.2, 0.25) is 0 Å². The van der Waals surface area contributed by atoms with Gasteiger partial charge in [0.15, 0.2) is 0 Å². The standard InChI is InChI=1S/C15H11Br3F2O/c1-2-21-13-4-3-8(16)5-10(13)15(18)14-11(19)6-9(17)7-12(14)20/h3-7,15H,2H2,1H3. The van der Waals surface area contributed by atoms with Gasteiger partial charge in [0, 0.05) is 20.1 Å². The third-order valence-corrected chi connectivity index (χ3v) is 4.74. The molecule has 0 aliphatic rings. The van der Waals surface area contributed by atoms with Crippen molar-refractivity contribution in [2.75, 3.05) is 6.61 Å². The van der Waals surface area contributed by atoms with Gasteiger partial charge < -0.3 is 4.74 Å². The largest absolute Gasteiger partial charge is 0.494 e. The minimum atomic E-state index is -0.648. The number of ether oxygens (including phenoxy) is 1. The summed E-state index contributed by atoms with van der Waals surface area (Å²) in [6.45, 7) is 2.33. The third kappa shape index (κ3) is 3.85. The monoisotopic (exact) mass is 482 g/mol. The number of hydrogen-bond acceptors (Lipinski definition) is 1. The van der Waals surface area contributed by atoms with Crippen LogP contribution in [0.15, 0.2) is 39.3 Å². The van der Waals surface area contributed by atoms with Crippen LogP contribution in [-0.4, -0.2) is 6.61 Å². The van der Waals surface area contributed by atoms with Crippen molar-refractivity contribution in [2.24, 2.45) is 0 Å². The van der Waals surface area contributed by atoms with E-state index in [1.54, 1.807) is 12.1 Å². The van der Waals surface area contributed by atoms with Gasteiger partial charge in [-0.05, 0) is 37.3 Å². The number of rotatable bonds is 4. The number of benzene rings is 2. The first-order valence-corrected chi connectivity index (χ1v) is 8.65. The quantitative estimate of drug-likeness (QED) is 0.458. The smallest absolute Gasteiger partial charge is 0.131 e. The van der Waals surface area contributed by atoms with Crippen LogP contribution in [0.4, 0.5) is 8.78 Å².